The van der Waals surface area contributed by atoms with Gasteiger partial charge in [0.25, 0.3) is 0 Å². The summed E-state index contributed by atoms with van der Waals surface area (Å²) in [5, 5.41) is 0. The van der Waals surface area contributed by atoms with Gasteiger partial charge in [-0.25, -0.2) is 0 Å². The molecule has 1 aliphatic heterocycles. The molecule has 0 aliphatic carbocycles. The fourth-order valence-corrected chi connectivity index (χ4v) is 3.59. The Balaban J connectivity index is 2.44. The van der Waals surface area contributed by atoms with E-state index in [9.17, 15) is 8.63 Å². The highest BCUT2D eigenvalue weighted by Gasteiger charge is 2.28. The highest BCUT2D eigenvalue weighted by atomic mass is 19.2. The van der Waals surface area contributed by atoms with Crippen molar-refractivity contribution in [3.8, 4) is 0 Å². The number of nitrogens with two attached hydrogens (primary N) is 1. The molecule has 1 aromatic rings. The first kappa shape index (κ1) is 19.6. The van der Waals surface area contributed by atoms with Crippen LogP contribution >= 0.6 is 0 Å². The predicted octanol–water partition coefficient (Wildman–Crippen LogP) is 4.92. The second-order valence-electron chi connectivity index (χ2n) is 6.83. The van der Waals surface area contributed by atoms with Gasteiger partial charge in [-0.15, -0.1) is 0 Å². The minimum atomic E-state index is -2.55. The van der Waals surface area contributed by atoms with Crippen LogP contribution in [0.5, 0.6) is 0 Å². The van der Waals surface area contributed by atoms with Gasteiger partial charge < -0.3 is 10.2 Å². The minimum absolute atomic E-state index is 0.587. The number of nitrogens with zero attached hydrogens (tertiary/aromatic N) is 2. The number of hydrogen-bond acceptors (Lipinski definition) is 2. The SMILES string of the molecule is CC1=CC(C)=N/C1=C(/CCCCCCN)c1c(C)cc(C)n1B(F)F. The molecule has 0 amide bonds. The molecule has 2 rings (SSSR count). The lowest BCUT2D eigenvalue weighted by molar-refractivity contribution is 0.621. The summed E-state index contributed by atoms with van der Waals surface area (Å²) >= 11 is 0. The third-order valence-corrected chi connectivity index (χ3v) is 4.65. The van der Waals surface area contributed by atoms with Crippen LogP contribution in [0.3, 0.4) is 0 Å². The van der Waals surface area contributed by atoms with Crippen molar-refractivity contribution < 1.29 is 8.63 Å². The largest absolute Gasteiger partial charge is 0.677 e. The number of aryl methyl sites for hydroxylation is 2. The molecule has 0 saturated carbocycles. The topological polar surface area (TPSA) is 43.3 Å². The Morgan fingerprint density at radius 2 is 1.80 bits per heavy atom. The van der Waals surface area contributed by atoms with Crippen molar-refractivity contribution in [2.75, 3.05) is 6.54 Å². The zero-order chi connectivity index (χ0) is 18.6. The van der Waals surface area contributed by atoms with Crippen LogP contribution in [-0.4, -0.2) is 24.1 Å². The van der Waals surface area contributed by atoms with Crippen molar-refractivity contribution >= 4 is 18.7 Å². The number of unbranched alkanes of at least 4 members (excludes halogenated alkanes) is 3. The van der Waals surface area contributed by atoms with Crippen LogP contribution in [0, 0.1) is 13.8 Å². The molecule has 0 bridgehead atoms. The highest BCUT2D eigenvalue weighted by Crippen LogP contribution is 2.35. The maximum absolute atomic E-state index is 13.7. The van der Waals surface area contributed by atoms with Crippen LogP contribution in [0.1, 0.15) is 62.9 Å². The van der Waals surface area contributed by atoms with Crippen molar-refractivity contribution in [2.24, 2.45) is 10.7 Å². The molecular formula is C19H28BF2N3. The Hall–Kier alpha value is -1.69. The van der Waals surface area contributed by atoms with Crippen LogP contribution < -0.4 is 5.73 Å². The van der Waals surface area contributed by atoms with Crippen molar-refractivity contribution in [3.63, 3.8) is 0 Å². The van der Waals surface area contributed by atoms with Gasteiger partial charge >= 0.3 is 7.40 Å². The molecule has 6 heteroatoms. The van der Waals surface area contributed by atoms with Crippen molar-refractivity contribution in [1.82, 2.24) is 4.48 Å². The second kappa shape index (κ2) is 8.61. The average molecular weight is 347 g/mol. The van der Waals surface area contributed by atoms with Gasteiger partial charge in [0.05, 0.1) is 5.70 Å². The molecule has 0 unspecified atom stereocenters. The molecule has 136 valence electrons. The van der Waals surface area contributed by atoms with Gasteiger partial charge in [-0.1, -0.05) is 12.8 Å². The maximum atomic E-state index is 13.7. The van der Waals surface area contributed by atoms with Crippen LogP contribution in [-0.2, 0) is 0 Å². The number of aliphatic imine (C=N–C) groups is 1. The first-order valence-corrected chi connectivity index (χ1v) is 9.01. The Morgan fingerprint density at radius 3 is 2.36 bits per heavy atom. The first-order chi connectivity index (χ1) is 11.9. The fourth-order valence-electron chi connectivity index (χ4n) is 3.59. The molecule has 2 heterocycles. The third-order valence-electron chi connectivity index (χ3n) is 4.65. The van der Waals surface area contributed by atoms with Gasteiger partial charge in [-0.05, 0) is 76.8 Å². The van der Waals surface area contributed by atoms with E-state index in [0.29, 0.717) is 17.9 Å². The lowest BCUT2D eigenvalue weighted by atomic mass is 9.96. The van der Waals surface area contributed by atoms with Crippen LogP contribution in [0.15, 0.2) is 28.4 Å². The normalized spacial score (nSPS) is 16.1. The molecule has 0 spiro atoms. The Kier molecular flexibility index (Phi) is 6.76. The molecule has 1 aliphatic rings. The molecule has 0 aromatic carbocycles. The molecule has 0 fully saturated rings. The van der Waals surface area contributed by atoms with E-state index in [1.807, 2.05) is 32.9 Å². The second-order valence-corrected chi connectivity index (χ2v) is 6.83. The zero-order valence-electron chi connectivity index (χ0n) is 15.7. The zero-order valence-corrected chi connectivity index (χ0v) is 15.7. The Labute approximate surface area is 149 Å². The van der Waals surface area contributed by atoms with Gasteiger partial charge in [-0.3, -0.25) is 13.6 Å². The summed E-state index contributed by atoms with van der Waals surface area (Å²) in [5.74, 6) is 0. The smallest absolute Gasteiger partial charge is 0.330 e. The van der Waals surface area contributed by atoms with E-state index < -0.39 is 7.40 Å². The number of hydrogen-bond donors (Lipinski definition) is 1. The quantitative estimate of drug-likeness (QED) is 0.526. The van der Waals surface area contributed by atoms with Gasteiger partial charge in [-0.2, -0.15) is 0 Å². The first-order valence-electron chi connectivity index (χ1n) is 9.01. The Bertz CT molecular complexity index is 714. The van der Waals surface area contributed by atoms with Crippen LogP contribution in [0.4, 0.5) is 8.63 Å². The van der Waals surface area contributed by atoms with Gasteiger partial charge in [0.2, 0.25) is 0 Å². The number of allylic oxidation sites excluding steroid dienone is 3. The summed E-state index contributed by atoms with van der Waals surface area (Å²) in [5.41, 5.74) is 11.4. The molecule has 25 heavy (non-hydrogen) atoms. The molecular weight excluding hydrogens is 319 g/mol. The molecule has 0 atom stereocenters. The predicted molar refractivity (Wildman–Crippen MR) is 103 cm³/mol. The van der Waals surface area contributed by atoms with Crippen molar-refractivity contribution in [3.05, 3.63) is 40.4 Å². The van der Waals surface area contributed by atoms with E-state index in [2.05, 4.69) is 4.99 Å². The van der Waals surface area contributed by atoms with Crippen molar-refractivity contribution in [1.29, 1.82) is 0 Å². The third kappa shape index (κ3) is 4.48. The van der Waals surface area contributed by atoms with E-state index in [0.717, 1.165) is 64.7 Å². The summed E-state index contributed by atoms with van der Waals surface area (Å²) in [6, 6.07) is 1.83. The summed E-state index contributed by atoms with van der Waals surface area (Å²) in [6.45, 7) is 8.28. The summed E-state index contributed by atoms with van der Waals surface area (Å²) in [7, 11) is -2.55. The standard InChI is InChI=1S/C19H28BF2N3/c1-13-11-15(3)24-18(13)17(9-7-5-6-8-10-23)19-14(2)12-16(4)25(19)20(21)22/h11-12H,5-10,23H2,1-4H3/b18-17-. The van der Waals surface area contributed by atoms with E-state index >= 15 is 0 Å². The van der Waals surface area contributed by atoms with E-state index in [4.69, 9.17) is 5.73 Å². The van der Waals surface area contributed by atoms with Crippen LogP contribution in [0.25, 0.3) is 5.57 Å². The molecule has 0 radical (unpaired) electrons. The summed E-state index contributed by atoms with van der Waals surface area (Å²) in [4.78, 5) is 4.64. The fraction of sp³-hybridized carbons (Fsp3) is 0.526. The molecule has 2 N–H and O–H groups in total. The molecule has 3 nitrogen and oxygen atoms in total. The van der Waals surface area contributed by atoms with Gasteiger partial charge in [0, 0.05) is 22.7 Å². The summed E-state index contributed by atoms with van der Waals surface area (Å²) in [6.07, 6.45) is 6.85. The minimum Gasteiger partial charge on any atom is -0.330 e. The molecule has 1 aromatic heterocycles. The van der Waals surface area contributed by atoms with E-state index in [1.165, 1.54) is 0 Å². The maximum Gasteiger partial charge on any atom is 0.677 e. The monoisotopic (exact) mass is 347 g/mol. The van der Waals surface area contributed by atoms with E-state index in [-0.39, 0.29) is 0 Å². The number of aromatic nitrogens is 1. The van der Waals surface area contributed by atoms with E-state index in [1.54, 1.807) is 6.92 Å². The number of rotatable bonds is 8. The Morgan fingerprint density at radius 1 is 1.12 bits per heavy atom. The highest BCUT2D eigenvalue weighted by molar-refractivity contribution is 6.41. The van der Waals surface area contributed by atoms with Crippen molar-refractivity contribution in [2.45, 2.75) is 59.8 Å². The summed E-state index contributed by atoms with van der Waals surface area (Å²) < 4.78 is 28.5. The van der Waals surface area contributed by atoms with Gasteiger partial charge in [0.15, 0.2) is 0 Å². The lowest BCUT2D eigenvalue weighted by Gasteiger charge is -2.16. The van der Waals surface area contributed by atoms with Crippen LogP contribution in [0.2, 0.25) is 0 Å². The lowest BCUT2D eigenvalue weighted by Crippen LogP contribution is -2.18. The number of halogens is 2. The average Bonchev–Trinajstić information content (AvgIpc) is 3.01. The van der Waals surface area contributed by atoms with Gasteiger partial charge in [0.1, 0.15) is 0 Å². The molecule has 0 saturated heterocycles.